The molecule has 0 bridgehead atoms. The summed E-state index contributed by atoms with van der Waals surface area (Å²) in [6, 6.07) is 6.55. The van der Waals surface area contributed by atoms with Crippen molar-refractivity contribution in [1.82, 2.24) is 5.32 Å². The van der Waals surface area contributed by atoms with E-state index in [9.17, 15) is 36.2 Å². The van der Waals surface area contributed by atoms with E-state index in [4.69, 9.17) is 16.3 Å². The third-order valence-electron chi connectivity index (χ3n) is 5.09. The van der Waals surface area contributed by atoms with Crippen LogP contribution in [0.15, 0.2) is 42.5 Å². The minimum absolute atomic E-state index is 0.0606. The molecule has 2 rings (SSSR count). The van der Waals surface area contributed by atoms with Gasteiger partial charge in [0.15, 0.2) is 0 Å². The second kappa shape index (κ2) is 10.8. The van der Waals surface area contributed by atoms with E-state index in [1.807, 2.05) is 0 Å². The number of nitrogens with one attached hydrogen (secondary N) is 2. The summed E-state index contributed by atoms with van der Waals surface area (Å²) in [6.07, 6.45) is -10.3. The summed E-state index contributed by atoms with van der Waals surface area (Å²) < 4.78 is 85.0. The Labute approximate surface area is 197 Å². The van der Waals surface area contributed by atoms with Crippen molar-refractivity contribution in [3.8, 4) is 0 Å². The number of amides is 1. The highest BCUT2D eigenvalue weighted by Crippen LogP contribution is 2.41. The van der Waals surface area contributed by atoms with Gasteiger partial charge in [-0.25, -0.2) is 0 Å². The lowest BCUT2D eigenvalue weighted by Gasteiger charge is -2.32. The zero-order chi connectivity index (χ0) is 25.7. The van der Waals surface area contributed by atoms with Gasteiger partial charge in [0.05, 0.1) is 24.6 Å². The standard InChI is InChI=1S/C22H23ClF6N2O3/c1-13(34-2)8-19(32)30-11-14-6-7-17(10-18(14)23)31-12-20(33,22(27,28)29)15-4-3-5-16(9-15)21(24,25)26/h3-7,9-10,13,31,33H,8,11-12H2,1-2H3,(H,30,32)/t13-,20+/m1/s1. The number of hydrogen-bond acceptors (Lipinski definition) is 4. The van der Waals surface area contributed by atoms with Crippen LogP contribution in [0.5, 0.6) is 0 Å². The highest BCUT2D eigenvalue weighted by molar-refractivity contribution is 6.31. The summed E-state index contributed by atoms with van der Waals surface area (Å²) in [4.78, 5) is 11.8. The molecule has 2 aromatic carbocycles. The molecule has 0 saturated heterocycles. The van der Waals surface area contributed by atoms with Crippen LogP contribution in [0, 0.1) is 0 Å². The predicted molar refractivity (Wildman–Crippen MR) is 114 cm³/mol. The molecule has 0 heterocycles. The van der Waals surface area contributed by atoms with E-state index >= 15 is 0 Å². The van der Waals surface area contributed by atoms with Gasteiger partial charge in [-0.15, -0.1) is 0 Å². The van der Waals surface area contributed by atoms with Crippen LogP contribution in [0.2, 0.25) is 5.02 Å². The molecule has 12 heteroatoms. The van der Waals surface area contributed by atoms with Gasteiger partial charge in [0, 0.05) is 24.4 Å². The molecule has 2 aromatic rings. The van der Waals surface area contributed by atoms with Crippen molar-refractivity contribution in [3.05, 3.63) is 64.2 Å². The van der Waals surface area contributed by atoms with Crippen LogP contribution < -0.4 is 10.6 Å². The number of aliphatic hydroxyl groups is 1. The topological polar surface area (TPSA) is 70.6 Å². The number of methoxy groups -OCH3 is 1. The number of carbonyl (C=O) groups excluding carboxylic acids is 1. The number of anilines is 1. The minimum atomic E-state index is -5.28. The summed E-state index contributed by atoms with van der Waals surface area (Å²) in [7, 11) is 1.47. The monoisotopic (exact) mass is 512 g/mol. The molecule has 0 spiro atoms. The number of benzene rings is 2. The lowest BCUT2D eigenvalue weighted by atomic mass is 9.91. The average molecular weight is 513 g/mol. The number of carbonyl (C=O) groups is 1. The van der Waals surface area contributed by atoms with Crippen molar-refractivity contribution in [2.24, 2.45) is 0 Å². The smallest absolute Gasteiger partial charge is 0.381 e. The zero-order valence-electron chi connectivity index (χ0n) is 18.1. The first kappa shape index (κ1) is 27.7. The molecule has 0 aromatic heterocycles. The summed E-state index contributed by atoms with van der Waals surface area (Å²) in [6.45, 7) is 0.610. The Morgan fingerprint density at radius 2 is 1.74 bits per heavy atom. The van der Waals surface area contributed by atoms with Gasteiger partial charge in [-0.3, -0.25) is 4.79 Å². The molecule has 0 fully saturated rings. The highest BCUT2D eigenvalue weighted by Gasteiger charge is 2.55. The molecule has 188 valence electrons. The second-order valence-corrected chi connectivity index (χ2v) is 8.03. The van der Waals surface area contributed by atoms with Crippen LogP contribution in [0.25, 0.3) is 0 Å². The van der Waals surface area contributed by atoms with E-state index < -0.39 is 35.6 Å². The first-order valence-electron chi connectivity index (χ1n) is 9.96. The van der Waals surface area contributed by atoms with Gasteiger partial charge in [-0.2, -0.15) is 26.3 Å². The number of ether oxygens (including phenoxy) is 1. The Balaban J connectivity index is 2.16. The lowest BCUT2D eigenvalue weighted by Crippen LogP contribution is -2.48. The van der Waals surface area contributed by atoms with Gasteiger partial charge in [0.2, 0.25) is 11.5 Å². The second-order valence-electron chi connectivity index (χ2n) is 7.62. The number of halogens is 7. The summed E-state index contributed by atoms with van der Waals surface area (Å²) >= 11 is 6.15. The van der Waals surface area contributed by atoms with Gasteiger partial charge >= 0.3 is 12.4 Å². The van der Waals surface area contributed by atoms with Gasteiger partial charge in [-0.1, -0.05) is 29.8 Å². The van der Waals surface area contributed by atoms with Crippen LogP contribution >= 0.6 is 11.6 Å². The Bertz CT molecular complexity index is 999. The first-order chi connectivity index (χ1) is 15.7. The largest absolute Gasteiger partial charge is 0.423 e. The highest BCUT2D eigenvalue weighted by atomic mass is 35.5. The molecular formula is C22H23ClF6N2O3. The Hall–Kier alpha value is -2.50. The van der Waals surface area contributed by atoms with Crippen molar-refractivity contribution >= 4 is 23.2 Å². The van der Waals surface area contributed by atoms with Gasteiger partial charge in [0.25, 0.3) is 0 Å². The summed E-state index contributed by atoms with van der Waals surface area (Å²) in [5.41, 5.74) is -5.32. The van der Waals surface area contributed by atoms with Crippen LogP contribution in [-0.4, -0.2) is 36.9 Å². The maximum Gasteiger partial charge on any atom is 0.423 e. The molecule has 0 aliphatic rings. The Morgan fingerprint density at radius 3 is 2.29 bits per heavy atom. The first-order valence-corrected chi connectivity index (χ1v) is 10.3. The zero-order valence-corrected chi connectivity index (χ0v) is 18.9. The molecule has 0 radical (unpaired) electrons. The van der Waals surface area contributed by atoms with Gasteiger partial charge in [-0.05, 0) is 42.3 Å². The third kappa shape index (κ3) is 7.00. The molecule has 3 N–H and O–H groups in total. The lowest BCUT2D eigenvalue weighted by molar-refractivity contribution is -0.260. The average Bonchev–Trinajstić information content (AvgIpc) is 2.75. The number of alkyl halides is 6. The van der Waals surface area contributed by atoms with E-state index in [1.54, 1.807) is 6.92 Å². The molecule has 34 heavy (non-hydrogen) atoms. The quantitative estimate of drug-likeness (QED) is 0.401. The van der Waals surface area contributed by atoms with Crippen molar-refractivity contribution < 1.29 is 41.0 Å². The maximum atomic E-state index is 13.7. The predicted octanol–water partition coefficient (Wildman–Crippen LogP) is 5.26. The number of hydrogen-bond donors (Lipinski definition) is 3. The summed E-state index contributed by atoms with van der Waals surface area (Å²) in [5, 5.41) is 15.5. The molecular weight excluding hydrogens is 490 g/mol. The molecule has 5 nitrogen and oxygen atoms in total. The molecule has 0 unspecified atom stereocenters. The Morgan fingerprint density at radius 1 is 1.09 bits per heavy atom. The number of rotatable bonds is 9. The van der Waals surface area contributed by atoms with Crippen LogP contribution in [0.4, 0.5) is 32.0 Å². The fourth-order valence-corrected chi connectivity index (χ4v) is 3.21. The fraction of sp³-hybridized carbons (Fsp3) is 0.409. The van der Waals surface area contributed by atoms with Crippen LogP contribution in [0.3, 0.4) is 0 Å². The van der Waals surface area contributed by atoms with Crippen molar-refractivity contribution in [3.63, 3.8) is 0 Å². The minimum Gasteiger partial charge on any atom is -0.381 e. The van der Waals surface area contributed by atoms with Crippen molar-refractivity contribution in [2.75, 3.05) is 19.0 Å². The van der Waals surface area contributed by atoms with E-state index in [1.165, 1.54) is 25.3 Å². The summed E-state index contributed by atoms with van der Waals surface area (Å²) in [5.74, 6) is -0.288. The van der Waals surface area contributed by atoms with Crippen LogP contribution in [-0.2, 0) is 27.9 Å². The van der Waals surface area contributed by atoms with E-state index in [0.29, 0.717) is 11.6 Å². The van der Waals surface area contributed by atoms with E-state index in [2.05, 4.69) is 10.6 Å². The fourth-order valence-electron chi connectivity index (χ4n) is 2.96. The normalized spacial score (nSPS) is 14.9. The van der Waals surface area contributed by atoms with E-state index in [0.717, 1.165) is 12.1 Å². The molecule has 2 atom stereocenters. The van der Waals surface area contributed by atoms with Gasteiger partial charge in [0.1, 0.15) is 0 Å². The molecule has 0 aliphatic heterocycles. The maximum absolute atomic E-state index is 13.7. The van der Waals surface area contributed by atoms with Crippen LogP contribution in [0.1, 0.15) is 30.0 Å². The Kier molecular flexibility index (Phi) is 8.84. The van der Waals surface area contributed by atoms with Crippen molar-refractivity contribution in [1.29, 1.82) is 0 Å². The van der Waals surface area contributed by atoms with Gasteiger partial charge < -0.3 is 20.5 Å². The third-order valence-corrected chi connectivity index (χ3v) is 5.44. The molecule has 1 amide bonds. The SMILES string of the molecule is CO[C@H](C)CC(=O)NCc1ccc(NC[C@](O)(c2cccc(C(F)(F)F)c2)C(F)(F)F)cc1Cl. The van der Waals surface area contributed by atoms with Crippen molar-refractivity contribution in [2.45, 2.75) is 43.9 Å². The molecule has 0 aliphatic carbocycles. The van der Waals surface area contributed by atoms with E-state index in [-0.39, 0.29) is 41.8 Å². The molecule has 0 saturated carbocycles.